The topological polar surface area (TPSA) is 69.8 Å². The van der Waals surface area contributed by atoms with E-state index in [4.69, 9.17) is 0 Å². The van der Waals surface area contributed by atoms with E-state index in [0.717, 1.165) is 12.2 Å². The highest BCUT2D eigenvalue weighted by molar-refractivity contribution is 5.92. The molecule has 3 N–H and O–H groups in total. The van der Waals surface area contributed by atoms with Gasteiger partial charge in [0.2, 0.25) is 0 Å². The molecule has 0 aromatic carbocycles. The van der Waals surface area contributed by atoms with Crippen LogP contribution in [0.5, 0.6) is 0 Å². The summed E-state index contributed by atoms with van der Waals surface area (Å²) in [4.78, 5) is 12.0. The summed E-state index contributed by atoms with van der Waals surface area (Å²) >= 11 is 0. The van der Waals surface area contributed by atoms with Crippen LogP contribution in [0.15, 0.2) is 6.07 Å². The Morgan fingerprint density at radius 3 is 2.62 bits per heavy atom. The Morgan fingerprint density at radius 2 is 2.00 bits per heavy atom. The van der Waals surface area contributed by atoms with Crippen molar-refractivity contribution in [1.82, 2.24) is 20.8 Å². The van der Waals surface area contributed by atoms with Crippen molar-refractivity contribution >= 4 is 5.91 Å². The number of nitrogens with zero attached hydrogens (tertiary/aromatic N) is 1. The molecular formula is C16H28N4O. The molecule has 118 valence electrons. The van der Waals surface area contributed by atoms with Crippen molar-refractivity contribution in [1.29, 1.82) is 0 Å². The third-order valence-electron chi connectivity index (χ3n) is 4.15. The number of aromatic nitrogens is 2. The van der Waals surface area contributed by atoms with Crippen LogP contribution in [0.3, 0.4) is 0 Å². The number of rotatable bonds is 6. The molecule has 0 radical (unpaired) electrons. The van der Waals surface area contributed by atoms with Gasteiger partial charge in [-0.25, -0.2) is 0 Å². The van der Waals surface area contributed by atoms with E-state index in [9.17, 15) is 4.79 Å². The van der Waals surface area contributed by atoms with Crippen molar-refractivity contribution in [3.05, 3.63) is 17.5 Å². The van der Waals surface area contributed by atoms with Gasteiger partial charge in [0.15, 0.2) is 0 Å². The minimum atomic E-state index is -0.0965. The van der Waals surface area contributed by atoms with Gasteiger partial charge in [0.1, 0.15) is 5.69 Å². The molecule has 0 atom stereocenters. The van der Waals surface area contributed by atoms with Crippen LogP contribution in [0.2, 0.25) is 0 Å². The zero-order valence-electron chi connectivity index (χ0n) is 13.2. The zero-order valence-corrected chi connectivity index (χ0v) is 13.2. The van der Waals surface area contributed by atoms with Crippen LogP contribution in [0.1, 0.15) is 74.5 Å². The fourth-order valence-corrected chi connectivity index (χ4v) is 2.78. The second-order valence-corrected chi connectivity index (χ2v) is 6.26. The van der Waals surface area contributed by atoms with Gasteiger partial charge in [-0.2, -0.15) is 5.10 Å². The molecule has 0 spiro atoms. The predicted octanol–water partition coefficient (Wildman–Crippen LogP) is 2.58. The lowest BCUT2D eigenvalue weighted by atomic mass is 10.1. The second kappa shape index (κ2) is 8.17. The number of carbonyl (C=O) groups excluding carboxylic acids is 1. The van der Waals surface area contributed by atoms with Crippen molar-refractivity contribution in [2.24, 2.45) is 0 Å². The molecule has 1 heterocycles. The molecule has 0 aliphatic heterocycles. The SMILES string of the molecule is CC(C)c1cc(C(=O)NCCNC2CCCCCC2)n[nH]1. The maximum atomic E-state index is 12.0. The number of nitrogens with one attached hydrogen (secondary N) is 3. The number of amides is 1. The van der Waals surface area contributed by atoms with Crippen molar-refractivity contribution < 1.29 is 4.79 Å². The lowest BCUT2D eigenvalue weighted by molar-refractivity contribution is 0.0948. The normalized spacial score (nSPS) is 16.9. The molecule has 0 unspecified atom stereocenters. The zero-order chi connectivity index (χ0) is 15.1. The summed E-state index contributed by atoms with van der Waals surface area (Å²) in [6.45, 7) is 5.63. The van der Waals surface area contributed by atoms with Gasteiger partial charge in [0, 0.05) is 24.8 Å². The average molecular weight is 292 g/mol. The Hall–Kier alpha value is -1.36. The summed E-state index contributed by atoms with van der Waals surface area (Å²) in [7, 11) is 0. The smallest absolute Gasteiger partial charge is 0.271 e. The summed E-state index contributed by atoms with van der Waals surface area (Å²) in [5, 5.41) is 13.4. The summed E-state index contributed by atoms with van der Waals surface area (Å²) in [5.74, 6) is 0.261. The first-order chi connectivity index (χ1) is 10.2. The molecule has 5 nitrogen and oxygen atoms in total. The van der Waals surface area contributed by atoms with Gasteiger partial charge >= 0.3 is 0 Å². The quantitative estimate of drug-likeness (QED) is 0.557. The minimum Gasteiger partial charge on any atom is -0.349 e. The van der Waals surface area contributed by atoms with E-state index in [2.05, 4.69) is 34.7 Å². The number of carbonyl (C=O) groups is 1. The van der Waals surface area contributed by atoms with Gasteiger partial charge in [-0.1, -0.05) is 39.5 Å². The molecule has 1 amide bonds. The lowest BCUT2D eigenvalue weighted by Gasteiger charge is -2.16. The molecule has 1 aromatic rings. The van der Waals surface area contributed by atoms with E-state index >= 15 is 0 Å². The van der Waals surface area contributed by atoms with Crippen LogP contribution in [-0.2, 0) is 0 Å². The monoisotopic (exact) mass is 292 g/mol. The van der Waals surface area contributed by atoms with Crippen LogP contribution in [0.4, 0.5) is 0 Å². The lowest BCUT2D eigenvalue weighted by Crippen LogP contribution is -2.37. The van der Waals surface area contributed by atoms with Crippen LogP contribution < -0.4 is 10.6 Å². The van der Waals surface area contributed by atoms with Gasteiger partial charge in [0.05, 0.1) is 0 Å². The Kier molecular flexibility index (Phi) is 6.23. The van der Waals surface area contributed by atoms with Gasteiger partial charge in [0.25, 0.3) is 5.91 Å². The molecular weight excluding hydrogens is 264 g/mol. The van der Waals surface area contributed by atoms with Gasteiger partial charge in [-0.3, -0.25) is 9.89 Å². The number of hydrogen-bond donors (Lipinski definition) is 3. The molecule has 2 rings (SSSR count). The molecule has 0 saturated heterocycles. The van der Waals surface area contributed by atoms with Crippen LogP contribution in [0.25, 0.3) is 0 Å². The summed E-state index contributed by atoms with van der Waals surface area (Å²) < 4.78 is 0. The Labute approximate surface area is 127 Å². The van der Waals surface area contributed by atoms with Crippen molar-refractivity contribution in [2.45, 2.75) is 64.3 Å². The van der Waals surface area contributed by atoms with E-state index in [1.807, 2.05) is 6.07 Å². The third kappa shape index (κ3) is 5.16. The standard InChI is InChI=1S/C16H28N4O/c1-12(2)14-11-15(20-19-14)16(21)18-10-9-17-13-7-5-3-4-6-8-13/h11-13,17H,3-10H2,1-2H3,(H,18,21)(H,19,20). The molecule has 5 heteroatoms. The largest absolute Gasteiger partial charge is 0.349 e. The van der Waals surface area contributed by atoms with Crippen molar-refractivity contribution in [3.8, 4) is 0 Å². The van der Waals surface area contributed by atoms with Gasteiger partial charge < -0.3 is 10.6 Å². The molecule has 1 aliphatic rings. The van der Waals surface area contributed by atoms with Crippen molar-refractivity contribution in [3.63, 3.8) is 0 Å². The summed E-state index contributed by atoms with van der Waals surface area (Å²) in [6, 6.07) is 2.46. The molecule has 1 fully saturated rings. The number of aromatic amines is 1. The van der Waals surface area contributed by atoms with Crippen LogP contribution in [0, 0.1) is 0 Å². The molecule has 1 aromatic heterocycles. The average Bonchev–Trinajstić information content (AvgIpc) is 2.82. The first-order valence-corrected chi connectivity index (χ1v) is 8.23. The number of hydrogen-bond acceptors (Lipinski definition) is 3. The Balaban J connectivity index is 1.66. The molecule has 21 heavy (non-hydrogen) atoms. The van der Waals surface area contributed by atoms with E-state index < -0.39 is 0 Å². The highest BCUT2D eigenvalue weighted by Gasteiger charge is 2.13. The summed E-state index contributed by atoms with van der Waals surface area (Å²) in [5.41, 5.74) is 1.48. The fraction of sp³-hybridized carbons (Fsp3) is 0.750. The third-order valence-corrected chi connectivity index (χ3v) is 4.15. The first-order valence-electron chi connectivity index (χ1n) is 8.23. The van der Waals surface area contributed by atoms with Gasteiger partial charge in [-0.15, -0.1) is 0 Å². The molecule has 0 bridgehead atoms. The van der Waals surface area contributed by atoms with E-state index in [1.165, 1.54) is 38.5 Å². The number of H-pyrrole nitrogens is 1. The predicted molar refractivity (Wildman–Crippen MR) is 84.5 cm³/mol. The van der Waals surface area contributed by atoms with E-state index in [-0.39, 0.29) is 5.91 Å². The van der Waals surface area contributed by atoms with Crippen LogP contribution >= 0.6 is 0 Å². The fourth-order valence-electron chi connectivity index (χ4n) is 2.78. The van der Waals surface area contributed by atoms with E-state index in [0.29, 0.717) is 24.2 Å². The minimum absolute atomic E-state index is 0.0965. The maximum Gasteiger partial charge on any atom is 0.271 e. The first kappa shape index (κ1) is 16.0. The van der Waals surface area contributed by atoms with Crippen molar-refractivity contribution in [2.75, 3.05) is 13.1 Å². The van der Waals surface area contributed by atoms with E-state index in [1.54, 1.807) is 0 Å². The maximum absolute atomic E-state index is 12.0. The Morgan fingerprint density at radius 1 is 1.29 bits per heavy atom. The molecule has 1 aliphatic carbocycles. The summed E-state index contributed by atoms with van der Waals surface area (Å²) in [6.07, 6.45) is 7.93. The second-order valence-electron chi connectivity index (χ2n) is 6.26. The van der Waals surface area contributed by atoms with Crippen LogP contribution in [-0.4, -0.2) is 35.2 Å². The highest BCUT2D eigenvalue weighted by Crippen LogP contribution is 2.16. The Bertz CT molecular complexity index is 433. The highest BCUT2D eigenvalue weighted by atomic mass is 16.1. The molecule has 1 saturated carbocycles. The van der Waals surface area contributed by atoms with Gasteiger partial charge in [-0.05, 0) is 24.8 Å².